The molecule has 0 spiro atoms. The Morgan fingerprint density at radius 3 is 2.39 bits per heavy atom. The number of para-hydroxylation sites is 1. The number of aromatic amines is 2. The second-order valence-corrected chi connectivity index (χ2v) is 6.29. The van der Waals surface area contributed by atoms with Crippen LogP contribution in [0.15, 0.2) is 55.4 Å². The lowest BCUT2D eigenvalue weighted by Gasteiger charge is -2.14. The number of hydrogen-bond donors (Lipinski definition) is 2. The molecule has 0 aliphatic heterocycles. The van der Waals surface area contributed by atoms with E-state index in [9.17, 15) is 0 Å². The van der Waals surface area contributed by atoms with Gasteiger partial charge in [0.1, 0.15) is 5.82 Å². The second-order valence-electron chi connectivity index (χ2n) is 6.29. The minimum absolute atomic E-state index is 0.547. The maximum absolute atomic E-state index is 5.44. The smallest absolute Gasteiger partial charge is 0.203 e. The average molecular weight is 375 g/mol. The van der Waals surface area contributed by atoms with Crippen molar-refractivity contribution in [1.82, 2.24) is 15.0 Å². The van der Waals surface area contributed by atoms with Crippen LogP contribution in [0.1, 0.15) is 11.3 Å². The monoisotopic (exact) mass is 375 g/mol. The molecule has 0 saturated carbocycles. The van der Waals surface area contributed by atoms with Gasteiger partial charge in [0.05, 0.1) is 33.2 Å². The SMILES string of the molecule is C=C(c1cc(OC)c(OC)c(OC)c1)c1cnc(-c2c[nH]c3ccccc23)[nH]1. The minimum atomic E-state index is 0.547. The number of benzene rings is 2. The molecule has 6 heteroatoms. The highest BCUT2D eigenvalue weighted by molar-refractivity contribution is 5.94. The largest absolute Gasteiger partial charge is 0.493 e. The van der Waals surface area contributed by atoms with E-state index >= 15 is 0 Å². The minimum Gasteiger partial charge on any atom is -0.493 e. The van der Waals surface area contributed by atoms with Crippen molar-refractivity contribution in [2.45, 2.75) is 0 Å². The van der Waals surface area contributed by atoms with Crippen molar-refractivity contribution in [1.29, 1.82) is 0 Å². The number of hydrogen-bond acceptors (Lipinski definition) is 4. The van der Waals surface area contributed by atoms with Crippen molar-refractivity contribution < 1.29 is 14.2 Å². The van der Waals surface area contributed by atoms with Crippen molar-refractivity contribution in [3.05, 3.63) is 66.6 Å². The lowest BCUT2D eigenvalue weighted by molar-refractivity contribution is 0.324. The van der Waals surface area contributed by atoms with Crippen molar-refractivity contribution in [3.63, 3.8) is 0 Å². The van der Waals surface area contributed by atoms with E-state index in [1.807, 2.05) is 36.5 Å². The number of ether oxygens (including phenoxy) is 3. The third-order valence-electron chi connectivity index (χ3n) is 4.76. The summed E-state index contributed by atoms with van der Waals surface area (Å²) < 4.78 is 16.3. The number of aromatic nitrogens is 3. The Hall–Kier alpha value is -3.67. The highest BCUT2D eigenvalue weighted by atomic mass is 16.5. The van der Waals surface area contributed by atoms with Crippen molar-refractivity contribution in [3.8, 4) is 28.6 Å². The summed E-state index contributed by atoms with van der Waals surface area (Å²) in [5, 5.41) is 1.11. The van der Waals surface area contributed by atoms with Crippen molar-refractivity contribution >= 4 is 16.5 Å². The van der Waals surface area contributed by atoms with Crippen molar-refractivity contribution in [2.24, 2.45) is 0 Å². The Bertz CT molecular complexity index is 1130. The summed E-state index contributed by atoms with van der Waals surface area (Å²) in [7, 11) is 4.77. The zero-order chi connectivity index (χ0) is 19.7. The summed E-state index contributed by atoms with van der Waals surface area (Å²) in [6, 6.07) is 11.9. The molecular weight excluding hydrogens is 354 g/mol. The van der Waals surface area contributed by atoms with Crippen LogP contribution < -0.4 is 14.2 Å². The molecule has 2 N–H and O–H groups in total. The zero-order valence-corrected chi connectivity index (χ0v) is 16.0. The molecule has 4 rings (SSSR count). The average Bonchev–Trinajstić information content (AvgIpc) is 3.38. The zero-order valence-electron chi connectivity index (χ0n) is 16.0. The molecule has 28 heavy (non-hydrogen) atoms. The van der Waals surface area contributed by atoms with Gasteiger partial charge in [-0.2, -0.15) is 0 Å². The fraction of sp³-hybridized carbons (Fsp3) is 0.136. The van der Waals surface area contributed by atoms with Gasteiger partial charge in [-0.15, -0.1) is 0 Å². The van der Waals surface area contributed by atoms with E-state index in [0.29, 0.717) is 17.2 Å². The summed E-state index contributed by atoms with van der Waals surface area (Å²) in [6.07, 6.45) is 3.73. The maximum atomic E-state index is 5.44. The van der Waals surface area contributed by atoms with Crippen LogP contribution in [0.2, 0.25) is 0 Å². The van der Waals surface area contributed by atoms with Gasteiger partial charge in [0.2, 0.25) is 5.75 Å². The van der Waals surface area contributed by atoms with Gasteiger partial charge in [-0.1, -0.05) is 24.8 Å². The van der Waals surface area contributed by atoms with Crippen LogP contribution in [0.5, 0.6) is 17.2 Å². The number of rotatable bonds is 6. The first-order valence-corrected chi connectivity index (χ1v) is 8.77. The van der Waals surface area contributed by atoms with E-state index < -0.39 is 0 Å². The molecule has 0 unspecified atom stereocenters. The van der Waals surface area contributed by atoms with Crippen LogP contribution in [-0.2, 0) is 0 Å². The number of H-pyrrole nitrogens is 2. The number of imidazole rings is 1. The van der Waals surface area contributed by atoms with E-state index in [-0.39, 0.29) is 0 Å². The second kappa shape index (κ2) is 7.15. The van der Waals surface area contributed by atoms with Gasteiger partial charge in [0.15, 0.2) is 11.5 Å². The topological polar surface area (TPSA) is 72.2 Å². The van der Waals surface area contributed by atoms with Crippen molar-refractivity contribution in [2.75, 3.05) is 21.3 Å². The quantitative estimate of drug-likeness (QED) is 0.515. The number of methoxy groups -OCH3 is 3. The molecule has 0 atom stereocenters. The molecule has 2 aromatic heterocycles. The molecule has 0 saturated heterocycles. The molecule has 4 aromatic rings. The first-order chi connectivity index (χ1) is 13.7. The molecular formula is C22H21N3O3. The van der Waals surface area contributed by atoms with Crippen LogP contribution in [0.4, 0.5) is 0 Å². The van der Waals surface area contributed by atoms with Crippen LogP contribution in [0.3, 0.4) is 0 Å². The Labute approximate surface area is 162 Å². The molecule has 2 heterocycles. The Morgan fingerprint density at radius 1 is 1.00 bits per heavy atom. The number of nitrogens with one attached hydrogen (secondary N) is 2. The summed E-state index contributed by atoms with van der Waals surface area (Å²) >= 11 is 0. The molecule has 0 fully saturated rings. The Kier molecular flexibility index (Phi) is 4.53. The lowest BCUT2D eigenvalue weighted by atomic mass is 10.0. The molecule has 142 valence electrons. The van der Waals surface area contributed by atoms with Gasteiger partial charge in [-0.25, -0.2) is 4.98 Å². The number of fused-ring (bicyclic) bond motifs is 1. The summed E-state index contributed by atoms with van der Waals surface area (Å²) in [5.41, 5.74) is 4.52. The fourth-order valence-electron chi connectivity index (χ4n) is 3.29. The number of nitrogens with zero attached hydrogens (tertiary/aromatic N) is 1. The van der Waals surface area contributed by atoms with E-state index in [0.717, 1.165) is 39.1 Å². The lowest BCUT2D eigenvalue weighted by Crippen LogP contribution is -1.97. The van der Waals surface area contributed by atoms with E-state index in [1.165, 1.54) is 0 Å². The standard InChI is InChI=1S/C22H21N3O3/c1-13(14-9-19(26-2)21(28-4)20(10-14)27-3)18-12-24-22(25-18)16-11-23-17-8-6-5-7-15(16)17/h5-12,23H,1H2,2-4H3,(H,24,25). The molecule has 0 amide bonds. The van der Waals surface area contributed by atoms with E-state index in [2.05, 4.69) is 27.6 Å². The molecule has 2 aromatic carbocycles. The van der Waals surface area contributed by atoms with Crippen LogP contribution in [0, 0.1) is 0 Å². The Morgan fingerprint density at radius 2 is 1.71 bits per heavy atom. The fourth-order valence-corrected chi connectivity index (χ4v) is 3.29. The van der Waals surface area contributed by atoms with Gasteiger partial charge in [0.25, 0.3) is 0 Å². The summed E-state index contributed by atoms with van der Waals surface area (Å²) in [4.78, 5) is 11.2. The van der Waals surface area contributed by atoms with E-state index in [4.69, 9.17) is 14.2 Å². The van der Waals surface area contributed by atoms with E-state index in [1.54, 1.807) is 27.5 Å². The van der Waals surface area contributed by atoms with Gasteiger partial charge < -0.3 is 24.2 Å². The molecule has 6 nitrogen and oxygen atoms in total. The normalized spacial score (nSPS) is 10.8. The molecule has 0 aliphatic rings. The van der Waals surface area contributed by atoms with Gasteiger partial charge >= 0.3 is 0 Å². The predicted molar refractivity (Wildman–Crippen MR) is 110 cm³/mol. The third kappa shape index (κ3) is 2.89. The van der Waals surface area contributed by atoms with Crippen LogP contribution >= 0.6 is 0 Å². The summed E-state index contributed by atoms with van der Waals surface area (Å²) in [6.45, 7) is 4.23. The maximum Gasteiger partial charge on any atom is 0.203 e. The third-order valence-corrected chi connectivity index (χ3v) is 4.76. The molecule has 0 bridgehead atoms. The predicted octanol–water partition coefficient (Wildman–Crippen LogP) is 4.65. The van der Waals surface area contributed by atoms with Gasteiger partial charge in [-0.3, -0.25) is 0 Å². The first kappa shape index (κ1) is 17.7. The molecule has 0 aliphatic carbocycles. The highest BCUT2D eigenvalue weighted by Gasteiger charge is 2.17. The van der Waals surface area contributed by atoms with Crippen LogP contribution in [0.25, 0.3) is 27.9 Å². The van der Waals surface area contributed by atoms with Gasteiger partial charge in [0, 0.05) is 22.7 Å². The van der Waals surface area contributed by atoms with Gasteiger partial charge in [-0.05, 0) is 29.3 Å². The highest BCUT2D eigenvalue weighted by Crippen LogP contribution is 2.40. The summed E-state index contributed by atoms with van der Waals surface area (Å²) in [5.74, 6) is 2.48. The first-order valence-electron chi connectivity index (χ1n) is 8.77. The molecule has 0 radical (unpaired) electrons. The van der Waals surface area contributed by atoms with Crippen LogP contribution in [-0.4, -0.2) is 36.3 Å². The Balaban J connectivity index is 1.72.